The van der Waals surface area contributed by atoms with Crippen molar-refractivity contribution in [1.29, 1.82) is 0 Å². The highest BCUT2D eigenvalue weighted by molar-refractivity contribution is 5.95. The Balaban J connectivity index is 1.43. The standard InChI is InChI=1S/C28H26N4O2/c1-19-24(18-31-32(19)21-8-4-3-5-9-21)28(33)30-16-25(20-12-14-22(34-2)15-13-20)26-17-29-27-11-7-6-10-23(26)27/h3-15,17-18,25,29H,16H2,1-2H3,(H,30,33). The molecular weight excluding hydrogens is 424 g/mol. The average Bonchev–Trinajstić information content (AvgIpc) is 3.49. The topological polar surface area (TPSA) is 71.9 Å². The van der Waals surface area contributed by atoms with Crippen molar-refractivity contribution < 1.29 is 9.53 Å². The second-order valence-electron chi connectivity index (χ2n) is 8.22. The Morgan fingerprint density at radius 1 is 1.03 bits per heavy atom. The first kappa shape index (κ1) is 21.5. The normalized spacial score (nSPS) is 11.9. The summed E-state index contributed by atoms with van der Waals surface area (Å²) in [6.07, 6.45) is 3.66. The van der Waals surface area contributed by atoms with Crippen molar-refractivity contribution in [2.45, 2.75) is 12.8 Å². The van der Waals surface area contributed by atoms with Gasteiger partial charge in [0, 0.05) is 29.6 Å². The summed E-state index contributed by atoms with van der Waals surface area (Å²) in [6.45, 7) is 2.36. The van der Waals surface area contributed by atoms with Gasteiger partial charge >= 0.3 is 0 Å². The van der Waals surface area contributed by atoms with Crippen LogP contribution in [0.1, 0.15) is 33.1 Å². The van der Waals surface area contributed by atoms with Gasteiger partial charge in [-0.2, -0.15) is 5.10 Å². The van der Waals surface area contributed by atoms with Crippen molar-refractivity contribution in [2.24, 2.45) is 0 Å². The molecule has 0 aliphatic rings. The molecule has 0 bridgehead atoms. The molecule has 0 saturated heterocycles. The lowest BCUT2D eigenvalue weighted by molar-refractivity contribution is 0.0952. The lowest BCUT2D eigenvalue weighted by atomic mass is 9.90. The van der Waals surface area contributed by atoms with Crippen LogP contribution >= 0.6 is 0 Å². The van der Waals surface area contributed by atoms with Crippen molar-refractivity contribution in [3.8, 4) is 11.4 Å². The number of methoxy groups -OCH3 is 1. The Labute approximate surface area is 198 Å². The number of aromatic amines is 1. The van der Waals surface area contributed by atoms with Crippen molar-refractivity contribution in [3.63, 3.8) is 0 Å². The molecule has 2 aromatic heterocycles. The molecule has 0 spiro atoms. The maximum absolute atomic E-state index is 13.2. The van der Waals surface area contributed by atoms with Crippen LogP contribution in [-0.4, -0.2) is 34.3 Å². The van der Waals surface area contributed by atoms with E-state index in [1.54, 1.807) is 18.0 Å². The molecule has 0 fully saturated rings. The highest BCUT2D eigenvalue weighted by Crippen LogP contribution is 2.31. The summed E-state index contributed by atoms with van der Waals surface area (Å²) in [5.74, 6) is 0.628. The van der Waals surface area contributed by atoms with Gasteiger partial charge in [-0.05, 0) is 48.4 Å². The number of fused-ring (bicyclic) bond motifs is 1. The molecule has 170 valence electrons. The summed E-state index contributed by atoms with van der Waals surface area (Å²) in [7, 11) is 1.66. The van der Waals surface area contributed by atoms with Gasteiger partial charge in [0.05, 0.1) is 30.3 Å². The monoisotopic (exact) mass is 450 g/mol. The Bertz CT molecular complexity index is 1420. The molecule has 1 unspecified atom stereocenters. The number of nitrogens with one attached hydrogen (secondary N) is 2. The fourth-order valence-electron chi connectivity index (χ4n) is 4.38. The van der Waals surface area contributed by atoms with Gasteiger partial charge in [-0.1, -0.05) is 48.5 Å². The minimum Gasteiger partial charge on any atom is -0.497 e. The molecule has 2 heterocycles. The van der Waals surface area contributed by atoms with Gasteiger partial charge in [0.1, 0.15) is 5.75 Å². The quantitative estimate of drug-likeness (QED) is 0.357. The number of carbonyl (C=O) groups is 1. The number of hydrogen-bond acceptors (Lipinski definition) is 3. The Hall–Kier alpha value is -4.32. The van der Waals surface area contributed by atoms with E-state index in [1.165, 1.54) is 0 Å². The Morgan fingerprint density at radius 2 is 1.76 bits per heavy atom. The summed E-state index contributed by atoms with van der Waals surface area (Å²) >= 11 is 0. The lowest BCUT2D eigenvalue weighted by Crippen LogP contribution is -2.29. The smallest absolute Gasteiger partial charge is 0.254 e. The third kappa shape index (κ3) is 4.06. The van der Waals surface area contributed by atoms with Gasteiger partial charge in [0.2, 0.25) is 0 Å². The number of nitrogens with zero attached hydrogens (tertiary/aromatic N) is 2. The maximum Gasteiger partial charge on any atom is 0.254 e. The van der Waals surface area contributed by atoms with Crippen LogP contribution in [0.2, 0.25) is 0 Å². The van der Waals surface area contributed by atoms with Gasteiger partial charge in [-0.15, -0.1) is 0 Å². The van der Waals surface area contributed by atoms with Crippen molar-refractivity contribution in [2.75, 3.05) is 13.7 Å². The molecule has 0 aliphatic heterocycles. The second-order valence-corrected chi connectivity index (χ2v) is 8.22. The predicted molar refractivity (Wildman–Crippen MR) is 134 cm³/mol. The predicted octanol–water partition coefficient (Wildman–Crippen LogP) is 5.23. The van der Waals surface area contributed by atoms with Gasteiger partial charge in [0.15, 0.2) is 0 Å². The third-order valence-electron chi connectivity index (χ3n) is 6.24. The van der Waals surface area contributed by atoms with Crippen LogP contribution in [0.5, 0.6) is 5.75 Å². The summed E-state index contributed by atoms with van der Waals surface area (Å²) in [4.78, 5) is 16.5. The molecule has 3 aromatic carbocycles. The fraction of sp³-hybridized carbons (Fsp3) is 0.143. The first-order valence-corrected chi connectivity index (χ1v) is 11.2. The van der Waals surface area contributed by atoms with Crippen LogP contribution in [0.15, 0.2) is 91.3 Å². The number of carbonyl (C=O) groups excluding carboxylic acids is 1. The van der Waals surface area contributed by atoms with E-state index in [4.69, 9.17) is 4.74 Å². The molecule has 34 heavy (non-hydrogen) atoms. The maximum atomic E-state index is 13.2. The van der Waals surface area contributed by atoms with E-state index in [2.05, 4.69) is 39.7 Å². The summed E-state index contributed by atoms with van der Waals surface area (Å²) in [5.41, 5.74) is 5.60. The van der Waals surface area contributed by atoms with Crippen LogP contribution in [-0.2, 0) is 0 Å². The summed E-state index contributed by atoms with van der Waals surface area (Å²) < 4.78 is 7.12. The molecule has 5 aromatic rings. The zero-order valence-corrected chi connectivity index (χ0v) is 19.2. The van der Waals surface area contributed by atoms with E-state index in [0.717, 1.165) is 39.2 Å². The first-order valence-electron chi connectivity index (χ1n) is 11.2. The average molecular weight is 451 g/mol. The van der Waals surface area contributed by atoms with E-state index >= 15 is 0 Å². The van der Waals surface area contributed by atoms with Crippen LogP contribution in [0, 0.1) is 6.92 Å². The number of benzene rings is 3. The van der Waals surface area contributed by atoms with E-state index in [-0.39, 0.29) is 11.8 Å². The Morgan fingerprint density at radius 3 is 2.53 bits per heavy atom. The molecule has 1 atom stereocenters. The second kappa shape index (κ2) is 9.27. The van der Waals surface area contributed by atoms with E-state index in [1.807, 2.05) is 67.7 Å². The molecule has 0 radical (unpaired) electrons. The Kier molecular flexibility index (Phi) is 5.87. The number of amides is 1. The van der Waals surface area contributed by atoms with Gasteiger partial charge in [0.25, 0.3) is 5.91 Å². The molecule has 0 aliphatic carbocycles. The van der Waals surface area contributed by atoms with Crippen LogP contribution < -0.4 is 10.1 Å². The van der Waals surface area contributed by atoms with Crippen LogP contribution in [0.3, 0.4) is 0 Å². The fourth-order valence-corrected chi connectivity index (χ4v) is 4.38. The number of ether oxygens (including phenoxy) is 1. The minimum atomic E-state index is -0.141. The molecule has 5 rings (SSSR count). The number of para-hydroxylation sites is 2. The SMILES string of the molecule is COc1ccc(C(CNC(=O)c2cnn(-c3ccccc3)c2C)c2c[nH]c3ccccc23)cc1. The van der Waals surface area contributed by atoms with E-state index in [0.29, 0.717) is 12.1 Å². The highest BCUT2D eigenvalue weighted by Gasteiger charge is 2.21. The van der Waals surface area contributed by atoms with E-state index < -0.39 is 0 Å². The lowest BCUT2D eigenvalue weighted by Gasteiger charge is -2.18. The molecule has 0 saturated carbocycles. The largest absolute Gasteiger partial charge is 0.497 e. The van der Waals surface area contributed by atoms with Gasteiger partial charge < -0.3 is 15.0 Å². The number of H-pyrrole nitrogens is 1. The van der Waals surface area contributed by atoms with Crippen molar-refractivity contribution in [3.05, 3.63) is 114 Å². The number of aromatic nitrogens is 3. The van der Waals surface area contributed by atoms with Crippen LogP contribution in [0.25, 0.3) is 16.6 Å². The zero-order valence-electron chi connectivity index (χ0n) is 19.2. The molecule has 2 N–H and O–H groups in total. The van der Waals surface area contributed by atoms with Gasteiger partial charge in [-0.25, -0.2) is 4.68 Å². The summed E-state index contributed by atoms with van der Waals surface area (Å²) in [5, 5.41) is 8.73. The highest BCUT2D eigenvalue weighted by atomic mass is 16.5. The molecule has 6 heteroatoms. The van der Waals surface area contributed by atoms with Gasteiger partial charge in [-0.3, -0.25) is 4.79 Å². The van der Waals surface area contributed by atoms with Crippen LogP contribution in [0.4, 0.5) is 0 Å². The number of hydrogen-bond donors (Lipinski definition) is 2. The summed E-state index contributed by atoms with van der Waals surface area (Å²) in [6, 6.07) is 26.0. The van der Waals surface area contributed by atoms with Crippen molar-refractivity contribution in [1.82, 2.24) is 20.1 Å². The van der Waals surface area contributed by atoms with E-state index in [9.17, 15) is 4.79 Å². The first-order chi connectivity index (χ1) is 16.7. The number of rotatable bonds is 7. The third-order valence-corrected chi connectivity index (χ3v) is 6.24. The zero-order chi connectivity index (χ0) is 23.5. The molecule has 6 nitrogen and oxygen atoms in total. The van der Waals surface area contributed by atoms with Crippen molar-refractivity contribution >= 4 is 16.8 Å². The molecular formula is C28H26N4O2. The molecule has 1 amide bonds. The minimum absolute atomic E-state index is 0.0320.